The third-order valence-corrected chi connectivity index (χ3v) is 4.89. The fourth-order valence-electron chi connectivity index (χ4n) is 3.24. The Bertz CT molecular complexity index is 466. The molecule has 2 N–H and O–H groups in total. The summed E-state index contributed by atoms with van der Waals surface area (Å²) in [5.74, 6) is 0. The number of likely N-dealkylation sites (N-methyl/N-ethyl adjacent to an activating group) is 1. The molecular formula is C17H27ClN2O. The number of hydrogen-bond donors (Lipinski definition) is 2. The van der Waals surface area contributed by atoms with Gasteiger partial charge in [-0.3, -0.25) is 0 Å². The van der Waals surface area contributed by atoms with Crippen molar-refractivity contribution in [3.8, 4) is 0 Å². The van der Waals surface area contributed by atoms with Gasteiger partial charge < -0.3 is 15.3 Å². The highest BCUT2D eigenvalue weighted by molar-refractivity contribution is 6.31. The molecule has 0 aliphatic heterocycles. The molecule has 0 bridgehead atoms. The minimum atomic E-state index is -0.233. The maximum atomic E-state index is 10.2. The first kappa shape index (κ1) is 16.6. The van der Waals surface area contributed by atoms with E-state index in [2.05, 4.69) is 43.2 Å². The van der Waals surface area contributed by atoms with Crippen molar-refractivity contribution in [2.45, 2.75) is 57.7 Å². The molecule has 1 aliphatic rings. The summed E-state index contributed by atoms with van der Waals surface area (Å²) < 4.78 is 0. The van der Waals surface area contributed by atoms with Crippen LogP contribution in [0.1, 0.15) is 51.1 Å². The fraction of sp³-hybridized carbons (Fsp3) is 0.647. The van der Waals surface area contributed by atoms with Crippen LogP contribution < -0.4 is 10.2 Å². The summed E-state index contributed by atoms with van der Waals surface area (Å²) in [5, 5.41) is 14.4. The third kappa shape index (κ3) is 3.91. The van der Waals surface area contributed by atoms with Gasteiger partial charge in [0, 0.05) is 23.8 Å². The van der Waals surface area contributed by atoms with Crippen molar-refractivity contribution in [2.24, 2.45) is 0 Å². The molecule has 118 valence electrons. The number of nitrogens with zero attached hydrogens (tertiary/aromatic N) is 1. The smallest absolute Gasteiger partial charge is 0.0743 e. The molecule has 1 aromatic carbocycles. The summed E-state index contributed by atoms with van der Waals surface area (Å²) in [7, 11) is 2.05. The Kier molecular flexibility index (Phi) is 5.91. The molecule has 1 aromatic rings. The average Bonchev–Trinajstić information content (AvgIpc) is 2.47. The van der Waals surface area contributed by atoms with Gasteiger partial charge in [0.25, 0.3) is 0 Å². The van der Waals surface area contributed by atoms with Gasteiger partial charge >= 0.3 is 0 Å². The molecule has 3 unspecified atom stereocenters. The molecule has 0 spiro atoms. The molecule has 3 nitrogen and oxygen atoms in total. The summed E-state index contributed by atoms with van der Waals surface area (Å²) in [6, 6.07) is 6.67. The highest BCUT2D eigenvalue weighted by atomic mass is 35.5. The van der Waals surface area contributed by atoms with E-state index in [4.69, 9.17) is 11.6 Å². The Balaban J connectivity index is 2.15. The maximum Gasteiger partial charge on any atom is 0.0743 e. The minimum Gasteiger partial charge on any atom is -0.391 e. The zero-order valence-corrected chi connectivity index (χ0v) is 14.0. The van der Waals surface area contributed by atoms with Crippen molar-refractivity contribution in [3.05, 3.63) is 28.8 Å². The molecule has 0 heterocycles. The average molecular weight is 311 g/mol. The van der Waals surface area contributed by atoms with Crippen LogP contribution >= 0.6 is 11.6 Å². The number of anilines is 1. The Morgan fingerprint density at radius 2 is 2.10 bits per heavy atom. The van der Waals surface area contributed by atoms with Crippen LogP contribution in [0.4, 0.5) is 5.69 Å². The van der Waals surface area contributed by atoms with Crippen molar-refractivity contribution in [2.75, 3.05) is 18.5 Å². The van der Waals surface area contributed by atoms with Gasteiger partial charge in [-0.1, -0.05) is 37.4 Å². The second-order valence-electron chi connectivity index (χ2n) is 6.02. The van der Waals surface area contributed by atoms with Crippen LogP contribution in [0.25, 0.3) is 0 Å². The van der Waals surface area contributed by atoms with E-state index >= 15 is 0 Å². The van der Waals surface area contributed by atoms with E-state index in [1.54, 1.807) is 0 Å². The van der Waals surface area contributed by atoms with Gasteiger partial charge in [-0.05, 0) is 44.0 Å². The van der Waals surface area contributed by atoms with Crippen LogP contribution in [0.15, 0.2) is 18.2 Å². The summed E-state index contributed by atoms with van der Waals surface area (Å²) in [6.45, 7) is 5.14. The molecule has 0 radical (unpaired) electrons. The first-order valence-electron chi connectivity index (χ1n) is 7.98. The molecule has 0 aromatic heterocycles. The van der Waals surface area contributed by atoms with Crippen molar-refractivity contribution in [1.82, 2.24) is 5.32 Å². The van der Waals surface area contributed by atoms with Crippen LogP contribution in [-0.2, 0) is 0 Å². The number of halogens is 1. The van der Waals surface area contributed by atoms with E-state index < -0.39 is 0 Å². The van der Waals surface area contributed by atoms with Crippen LogP contribution in [0.3, 0.4) is 0 Å². The number of hydrogen-bond acceptors (Lipinski definition) is 3. The first-order chi connectivity index (χ1) is 10.0. The summed E-state index contributed by atoms with van der Waals surface area (Å²) >= 11 is 6.45. The molecule has 1 fully saturated rings. The topological polar surface area (TPSA) is 35.5 Å². The lowest BCUT2D eigenvalue weighted by Crippen LogP contribution is -2.43. The molecule has 0 saturated heterocycles. The number of nitrogens with one attached hydrogen (secondary N) is 1. The van der Waals surface area contributed by atoms with Crippen molar-refractivity contribution < 1.29 is 5.11 Å². The maximum absolute atomic E-state index is 10.2. The first-order valence-corrected chi connectivity index (χ1v) is 8.36. The summed E-state index contributed by atoms with van der Waals surface area (Å²) in [6.07, 6.45) is 4.03. The van der Waals surface area contributed by atoms with Crippen LogP contribution in [0.5, 0.6) is 0 Å². The fourth-order valence-corrected chi connectivity index (χ4v) is 3.58. The Labute approximate surface area is 133 Å². The monoisotopic (exact) mass is 310 g/mol. The normalized spacial score (nSPS) is 23.9. The van der Waals surface area contributed by atoms with Gasteiger partial charge in [0.2, 0.25) is 0 Å². The molecule has 1 aliphatic carbocycles. The second kappa shape index (κ2) is 7.48. The molecule has 0 amide bonds. The SMILES string of the molecule is CCNC(C)c1ccc(N(C)C2CCCCC2O)cc1Cl. The van der Waals surface area contributed by atoms with Crippen molar-refractivity contribution in [3.63, 3.8) is 0 Å². The highest BCUT2D eigenvalue weighted by Crippen LogP contribution is 2.31. The lowest BCUT2D eigenvalue weighted by atomic mass is 9.91. The quantitative estimate of drug-likeness (QED) is 0.869. The summed E-state index contributed by atoms with van der Waals surface area (Å²) in [4.78, 5) is 2.18. The van der Waals surface area contributed by atoms with E-state index in [9.17, 15) is 5.11 Å². The number of aliphatic hydroxyl groups is 1. The van der Waals surface area contributed by atoms with Crippen molar-refractivity contribution >= 4 is 17.3 Å². The van der Waals surface area contributed by atoms with Gasteiger partial charge in [0.1, 0.15) is 0 Å². The van der Waals surface area contributed by atoms with E-state index in [1.165, 1.54) is 6.42 Å². The lowest BCUT2D eigenvalue weighted by molar-refractivity contribution is 0.106. The van der Waals surface area contributed by atoms with Gasteiger partial charge in [-0.2, -0.15) is 0 Å². The van der Waals surface area contributed by atoms with Crippen LogP contribution in [0, 0.1) is 0 Å². The molecule has 1 saturated carbocycles. The predicted octanol–water partition coefficient (Wildman–Crippen LogP) is 3.75. The lowest BCUT2D eigenvalue weighted by Gasteiger charge is -2.37. The van der Waals surface area contributed by atoms with Gasteiger partial charge in [-0.15, -0.1) is 0 Å². The zero-order chi connectivity index (χ0) is 15.4. The Morgan fingerprint density at radius 1 is 1.38 bits per heavy atom. The number of rotatable bonds is 5. The van der Waals surface area contributed by atoms with Crippen molar-refractivity contribution in [1.29, 1.82) is 0 Å². The molecule has 3 atom stereocenters. The Morgan fingerprint density at radius 3 is 2.71 bits per heavy atom. The second-order valence-corrected chi connectivity index (χ2v) is 6.42. The van der Waals surface area contributed by atoms with E-state index in [0.717, 1.165) is 42.1 Å². The molecular weight excluding hydrogens is 284 g/mol. The van der Waals surface area contributed by atoms with Gasteiger partial charge in [-0.25, -0.2) is 0 Å². The molecule has 4 heteroatoms. The van der Waals surface area contributed by atoms with Gasteiger partial charge in [0.05, 0.1) is 12.1 Å². The largest absolute Gasteiger partial charge is 0.391 e. The van der Waals surface area contributed by atoms with E-state index in [0.29, 0.717) is 0 Å². The minimum absolute atomic E-state index is 0.201. The standard InChI is InChI=1S/C17H27ClN2O/c1-4-19-12(2)14-10-9-13(11-15(14)18)20(3)16-7-5-6-8-17(16)21/h9-12,16-17,19,21H,4-8H2,1-3H3. The molecule has 21 heavy (non-hydrogen) atoms. The zero-order valence-electron chi connectivity index (χ0n) is 13.3. The highest BCUT2D eigenvalue weighted by Gasteiger charge is 2.27. The third-order valence-electron chi connectivity index (χ3n) is 4.56. The van der Waals surface area contributed by atoms with Crippen LogP contribution in [-0.4, -0.2) is 30.8 Å². The van der Waals surface area contributed by atoms with E-state index in [-0.39, 0.29) is 18.2 Å². The Hall–Kier alpha value is -0.770. The number of aliphatic hydroxyl groups excluding tert-OH is 1. The van der Waals surface area contributed by atoms with Crippen LogP contribution in [0.2, 0.25) is 5.02 Å². The van der Waals surface area contributed by atoms with Gasteiger partial charge in [0.15, 0.2) is 0 Å². The predicted molar refractivity (Wildman–Crippen MR) is 90.2 cm³/mol. The number of benzene rings is 1. The van der Waals surface area contributed by atoms with E-state index in [1.807, 2.05) is 6.07 Å². The summed E-state index contributed by atoms with van der Waals surface area (Å²) in [5.41, 5.74) is 2.21. The molecule has 2 rings (SSSR count).